The molecule has 0 aliphatic rings. The van der Waals surface area contributed by atoms with Gasteiger partial charge in [0, 0.05) is 6.42 Å². The molecule has 1 N–H and O–H groups in total. The molecule has 0 unspecified atom stereocenters. The van der Waals surface area contributed by atoms with Gasteiger partial charge in [-0.05, 0) is 6.92 Å². The van der Waals surface area contributed by atoms with E-state index >= 15 is 0 Å². The average molecular weight is 122 g/mol. The zero-order valence-electron chi connectivity index (χ0n) is 5.57. The maximum Gasteiger partial charge on any atom is 0.0702 e. The number of hydrogen-bond donors (Lipinski definition) is 1. The van der Waals surface area contributed by atoms with Crippen molar-refractivity contribution in [3.05, 3.63) is 0 Å². The Bertz CT molecular complexity index is 160. The fourth-order valence-electron chi connectivity index (χ4n) is 0.339. The molecule has 0 aliphatic carbocycles. The Kier molecular flexibility index (Phi) is 6.36. The van der Waals surface area contributed by atoms with Crippen LogP contribution in [0.4, 0.5) is 0 Å². The molecule has 0 atom stereocenters. The zero-order valence-corrected chi connectivity index (χ0v) is 5.57. The second kappa shape index (κ2) is 7.08. The Morgan fingerprint density at radius 2 is 2.00 bits per heavy atom. The lowest BCUT2D eigenvalue weighted by Crippen LogP contribution is -1.75. The maximum absolute atomic E-state index is 8.28. The van der Waals surface area contributed by atoms with E-state index in [1.54, 1.807) is 6.92 Å². The molecule has 1 nitrogen and oxygen atoms in total. The summed E-state index contributed by atoms with van der Waals surface area (Å²) in [6, 6.07) is 0. The lowest BCUT2D eigenvalue weighted by Gasteiger charge is -1.75. The Morgan fingerprint density at radius 3 is 2.56 bits per heavy atom. The Labute approximate surface area is 56.1 Å². The van der Waals surface area contributed by atoms with E-state index in [4.69, 9.17) is 5.11 Å². The van der Waals surface area contributed by atoms with E-state index in [-0.39, 0.29) is 6.61 Å². The van der Waals surface area contributed by atoms with Crippen LogP contribution < -0.4 is 0 Å². The minimum atomic E-state index is 0.145. The summed E-state index contributed by atoms with van der Waals surface area (Å²) in [6.07, 6.45) is 1.18. The van der Waals surface area contributed by atoms with Crippen LogP contribution in [-0.2, 0) is 0 Å². The van der Waals surface area contributed by atoms with E-state index in [0.29, 0.717) is 12.8 Å². The summed E-state index contributed by atoms with van der Waals surface area (Å²) in [5, 5.41) is 8.28. The van der Waals surface area contributed by atoms with Crippen molar-refractivity contribution in [1.29, 1.82) is 0 Å². The molecule has 0 heterocycles. The first kappa shape index (κ1) is 8.08. The summed E-state index contributed by atoms with van der Waals surface area (Å²) in [6.45, 7) is 1.93. The molecular formula is C8H10O. The van der Waals surface area contributed by atoms with Crippen molar-refractivity contribution in [3.8, 4) is 23.7 Å². The van der Waals surface area contributed by atoms with Crippen LogP contribution in [0, 0.1) is 23.7 Å². The summed E-state index contributed by atoms with van der Waals surface area (Å²) >= 11 is 0. The molecular weight excluding hydrogens is 112 g/mol. The van der Waals surface area contributed by atoms with Gasteiger partial charge in [0.05, 0.1) is 13.0 Å². The van der Waals surface area contributed by atoms with Crippen LogP contribution in [0.15, 0.2) is 0 Å². The summed E-state index contributed by atoms with van der Waals surface area (Å²) in [7, 11) is 0. The highest BCUT2D eigenvalue weighted by Gasteiger charge is 1.68. The fraction of sp³-hybridized carbons (Fsp3) is 0.500. The van der Waals surface area contributed by atoms with Gasteiger partial charge in [0.15, 0.2) is 0 Å². The molecule has 1 heteroatoms. The van der Waals surface area contributed by atoms with Crippen LogP contribution >= 0.6 is 0 Å². The topological polar surface area (TPSA) is 20.2 Å². The third kappa shape index (κ3) is 7.08. The predicted molar refractivity (Wildman–Crippen MR) is 37.5 cm³/mol. The lowest BCUT2D eigenvalue weighted by molar-refractivity contribution is 0.305. The predicted octanol–water partition coefficient (Wildman–Crippen LogP) is 0.786. The molecule has 0 aromatic heterocycles. The average Bonchev–Trinajstić information content (AvgIpc) is 1.89. The van der Waals surface area contributed by atoms with Crippen LogP contribution in [0.2, 0.25) is 0 Å². The molecule has 0 aromatic carbocycles. The first-order valence-corrected chi connectivity index (χ1v) is 2.88. The second-order valence-electron chi connectivity index (χ2n) is 1.43. The van der Waals surface area contributed by atoms with Gasteiger partial charge in [-0.25, -0.2) is 0 Å². The number of aliphatic hydroxyl groups is 1. The molecule has 0 saturated heterocycles. The second-order valence-corrected chi connectivity index (χ2v) is 1.43. The van der Waals surface area contributed by atoms with Crippen molar-refractivity contribution in [1.82, 2.24) is 0 Å². The van der Waals surface area contributed by atoms with E-state index in [1.165, 1.54) is 0 Å². The van der Waals surface area contributed by atoms with Gasteiger partial charge in [-0.3, -0.25) is 0 Å². The van der Waals surface area contributed by atoms with Crippen molar-refractivity contribution in [2.24, 2.45) is 0 Å². The molecule has 9 heavy (non-hydrogen) atoms. The Balaban J connectivity index is 3.23. The van der Waals surface area contributed by atoms with Crippen LogP contribution in [0.1, 0.15) is 19.8 Å². The van der Waals surface area contributed by atoms with Crippen molar-refractivity contribution in [3.63, 3.8) is 0 Å². The van der Waals surface area contributed by atoms with Crippen LogP contribution in [0.5, 0.6) is 0 Å². The van der Waals surface area contributed by atoms with Gasteiger partial charge in [0.2, 0.25) is 0 Å². The number of hydrogen-bond acceptors (Lipinski definition) is 1. The highest BCUT2D eigenvalue weighted by atomic mass is 16.2. The minimum Gasteiger partial charge on any atom is -0.395 e. The van der Waals surface area contributed by atoms with E-state index < -0.39 is 0 Å². The SMILES string of the molecule is CC#CCC#CCCO. The van der Waals surface area contributed by atoms with E-state index in [9.17, 15) is 0 Å². The molecule has 0 saturated carbocycles. The summed E-state index contributed by atoms with van der Waals surface area (Å²) in [5.74, 6) is 11.1. The molecule has 0 radical (unpaired) electrons. The maximum atomic E-state index is 8.28. The molecule has 0 spiro atoms. The Morgan fingerprint density at radius 1 is 1.22 bits per heavy atom. The van der Waals surface area contributed by atoms with Gasteiger partial charge >= 0.3 is 0 Å². The lowest BCUT2D eigenvalue weighted by atomic mass is 10.4. The van der Waals surface area contributed by atoms with E-state index in [2.05, 4.69) is 23.7 Å². The molecule has 0 aliphatic heterocycles. The third-order valence-electron chi connectivity index (χ3n) is 0.715. The molecule has 0 fully saturated rings. The summed E-state index contributed by atoms with van der Waals surface area (Å²) in [5.41, 5.74) is 0. The van der Waals surface area contributed by atoms with Crippen molar-refractivity contribution < 1.29 is 5.11 Å². The smallest absolute Gasteiger partial charge is 0.0702 e. The number of rotatable bonds is 1. The minimum absolute atomic E-state index is 0.145. The fourth-order valence-corrected chi connectivity index (χ4v) is 0.339. The van der Waals surface area contributed by atoms with Gasteiger partial charge in [0.25, 0.3) is 0 Å². The van der Waals surface area contributed by atoms with Gasteiger partial charge in [-0.2, -0.15) is 0 Å². The van der Waals surface area contributed by atoms with Gasteiger partial charge in [0.1, 0.15) is 0 Å². The summed E-state index contributed by atoms with van der Waals surface area (Å²) in [4.78, 5) is 0. The molecule has 0 rings (SSSR count). The first-order valence-electron chi connectivity index (χ1n) is 2.88. The van der Waals surface area contributed by atoms with Crippen molar-refractivity contribution in [2.75, 3.05) is 6.61 Å². The van der Waals surface area contributed by atoms with Crippen molar-refractivity contribution >= 4 is 0 Å². The van der Waals surface area contributed by atoms with Crippen molar-refractivity contribution in [2.45, 2.75) is 19.8 Å². The molecule has 48 valence electrons. The monoisotopic (exact) mass is 122 g/mol. The number of aliphatic hydroxyl groups excluding tert-OH is 1. The van der Waals surface area contributed by atoms with E-state index in [1.807, 2.05) is 0 Å². The first-order chi connectivity index (χ1) is 4.41. The summed E-state index contributed by atoms with van der Waals surface area (Å²) < 4.78 is 0. The zero-order chi connectivity index (χ0) is 6.95. The van der Waals surface area contributed by atoms with Gasteiger partial charge in [-0.1, -0.05) is 17.8 Å². The highest BCUT2D eigenvalue weighted by molar-refractivity contribution is 5.10. The van der Waals surface area contributed by atoms with Crippen LogP contribution in [0.3, 0.4) is 0 Å². The molecule has 0 amide bonds. The normalized spacial score (nSPS) is 6.44. The van der Waals surface area contributed by atoms with Crippen LogP contribution in [-0.4, -0.2) is 11.7 Å². The van der Waals surface area contributed by atoms with Gasteiger partial charge < -0.3 is 5.11 Å². The standard InChI is InChI=1S/C8H10O/c1-2-3-4-5-6-7-8-9/h9H,4,7-8H2,1H3. The molecule has 0 bridgehead atoms. The quantitative estimate of drug-likeness (QED) is 0.510. The highest BCUT2D eigenvalue weighted by Crippen LogP contribution is 1.73. The Hall–Kier alpha value is -0.920. The van der Waals surface area contributed by atoms with E-state index in [0.717, 1.165) is 0 Å². The molecule has 0 aromatic rings. The van der Waals surface area contributed by atoms with Crippen LogP contribution in [0.25, 0.3) is 0 Å². The largest absolute Gasteiger partial charge is 0.395 e. The third-order valence-corrected chi connectivity index (χ3v) is 0.715. The van der Waals surface area contributed by atoms with Gasteiger partial charge in [-0.15, -0.1) is 5.92 Å².